The second-order valence-corrected chi connectivity index (χ2v) is 4.75. The van der Waals surface area contributed by atoms with E-state index in [2.05, 4.69) is 4.98 Å². The second-order valence-electron chi connectivity index (χ2n) is 4.32. The molecular formula is C15H11ClN2O. The summed E-state index contributed by atoms with van der Waals surface area (Å²) >= 11 is 5.94. The second kappa shape index (κ2) is 4.44. The minimum Gasteiger partial charge on any atom is -0.398 e. The van der Waals surface area contributed by atoms with Gasteiger partial charge >= 0.3 is 0 Å². The lowest BCUT2D eigenvalue weighted by molar-refractivity contribution is 0.104. The van der Waals surface area contributed by atoms with E-state index >= 15 is 0 Å². The quantitative estimate of drug-likeness (QED) is 0.552. The fourth-order valence-corrected chi connectivity index (χ4v) is 2.42. The summed E-state index contributed by atoms with van der Waals surface area (Å²) in [5.74, 6) is -0.0547. The molecule has 3 rings (SSSR count). The molecule has 0 radical (unpaired) electrons. The molecule has 0 saturated carbocycles. The maximum Gasteiger partial charge on any atom is 0.195 e. The third kappa shape index (κ3) is 1.98. The maximum absolute atomic E-state index is 12.5. The Morgan fingerprint density at radius 1 is 1.16 bits per heavy atom. The Morgan fingerprint density at radius 2 is 1.89 bits per heavy atom. The van der Waals surface area contributed by atoms with Crippen LogP contribution in [0, 0.1) is 0 Å². The van der Waals surface area contributed by atoms with Gasteiger partial charge in [-0.2, -0.15) is 0 Å². The molecule has 0 bridgehead atoms. The van der Waals surface area contributed by atoms with Crippen LogP contribution in [0.5, 0.6) is 0 Å². The summed E-state index contributed by atoms with van der Waals surface area (Å²) in [6, 6.07) is 12.5. The average molecular weight is 271 g/mol. The topological polar surface area (TPSA) is 58.9 Å². The van der Waals surface area contributed by atoms with Gasteiger partial charge in [-0.05, 0) is 12.1 Å². The van der Waals surface area contributed by atoms with E-state index in [4.69, 9.17) is 17.3 Å². The molecule has 0 aliphatic carbocycles. The average Bonchev–Trinajstić information content (AvgIpc) is 2.83. The highest BCUT2D eigenvalue weighted by molar-refractivity contribution is 6.32. The molecule has 1 heterocycles. The van der Waals surface area contributed by atoms with Crippen molar-refractivity contribution < 1.29 is 4.79 Å². The summed E-state index contributed by atoms with van der Waals surface area (Å²) in [4.78, 5) is 15.5. The van der Waals surface area contributed by atoms with Crippen molar-refractivity contribution in [2.75, 3.05) is 5.73 Å². The predicted octanol–water partition coefficient (Wildman–Crippen LogP) is 3.63. The Labute approximate surface area is 115 Å². The zero-order chi connectivity index (χ0) is 13.4. The van der Waals surface area contributed by atoms with Crippen molar-refractivity contribution in [2.24, 2.45) is 0 Å². The van der Waals surface area contributed by atoms with Crippen molar-refractivity contribution in [1.29, 1.82) is 0 Å². The van der Waals surface area contributed by atoms with Crippen molar-refractivity contribution in [3.63, 3.8) is 0 Å². The summed E-state index contributed by atoms with van der Waals surface area (Å²) in [7, 11) is 0. The van der Waals surface area contributed by atoms with Crippen LogP contribution in [-0.4, -0.2) is 10.8 Å². The lowest BCUT2D eigenvalue weighted by Gasteiger charge is -2.02. The number of rotatable bonds is 2. The summed E-state index contributed by atoms with van der Waals surface area (Å²) in [5.41, 5.74) is 8.43. The molecule has 3 aromatic rings. The molecule has 4 heteroatoms. The number of benzene rings is 2. The first-order valence-corrected chi connectivity index (χ1v) is 6.20. The maximum atomic E-state index is 12.5. The van der Waals surface area contributed by atoms with Crippen LogP contribution in [0.1, 0.15) is 15.9 Å². The van der Waals surface area contributed by atoms with Gasteiger partial charge in [0.15, 0.2) is 5.78 Å². The van der Waals surface area contributed by atoms with Crippen LogP contribution >= 0.6 is 11.6 Å². The van der Waals surface area contributed by atoms with Gasteiger partial charge in [-0.3, -0.25) is 4.79 Å². The zero-order valence-electron chi connectivity index (χ0n) is 9.98. The van der Waals surface area contributed by atoms with Gasteiger partial charge in [0.05, 0.1) is 0 Å². The van der Waals surface area contributed by atoms with Crippen molar-refractivity contribution in [3.05, 3.63) is 64.8 Å². The van der Waals surface area contributed by atoms with Crippen molar-refractivity contribution in [2.45, 2.75) is 0 Å². The van der Waals surface area contributed by atoms with E-state index in [0.29, 0.717) is 21.8 Å². The fourth-order valence-electron chi connectivity index (χ4n) is 2.19. The SMILES string of the molecule is Nc1cc(Cl)cc2[nH]cc(C(=O)c3ccccc3)c12. The number of nitrogen functional groups attached to an aromatic ring is 1. The number of hydrogen-bond donors (Lipinski definition) is 2. The Bertz CT molecular complexity index is 762. The van der Waals surface area contributed by atoms with Gasteiger partial charge in [0.2, 0.25) is 0 Å². The molecule has 0 aliphatic rings. The summed E-state index contributed by atoms with van der Waals surface area (Å²) in [6.07, 6.45) is 1.67. The number of nitrogens with one attached hydrogen (secondary N) is 1. The highest BCUT2D eigenvalue weighted by Gasteiger charge is 2.16. The van der Waals surface area contributed by atoms with E-state index in [0.717, 1.165) is 10.9 Å². The number of fused-ring (bicyclic) bond motifs is 1. The summed E-state index contributed by atoms with van der Waals surface area (Å²) in [6.45, 7) is 0. The number of halogens is 1. The lowest BCUT2D eigenvalue weighted by atomic mass is 10.0. The molecular weight excluding hydrogens is 260 g/mol. The van der Waals surface area contributed by atoms with E-state index in [1.54, 1.807) is 30.5 Å². The Balaban J connectivity index is 2.19. The monoisotopic (exact) mass is 270 g/mol. The van der Waals surface area contributed by atoms with E-state index < -0.39 is 0 Å². The number of aromatic amines is 1. The van der Waals surface area contributed by atoms with Crippen LogP contribution in [0.4, 0.5) is 5.69 Å². The first kappa shape index (κ1) is 11.8. The third-order valence-electron chi connectivity index (χ3n) is 3.06. The molecule has 0 spiro atoms. The fraction of sp³-hybridized carbons (Fsp3) is 0. The van der Waals surface area contributed by atoms with E-state index in [-0.39, 0.29) is 5.78 Å². The zero-order valence-corrected chi connectivity index (χ0v) is 10.7. The minimum atomic E-state index is -0.0547. The molecule has 94 valence electrons. The van der Waals surface area contributed by atoms with Gasteiger partial charge in [-0.15, -0.1) is 0 Å². The number of H-pyrrole nitrogens is 1. The summed E-state index contributed by atoms with van der Waals surface area (Å²) < 4.78 is 0. The van der Waals surface area contributed by atoms with E-state index in [1.807, 2.05) is 18.2 Å². The predicted molar refractivity (Wildman–Crippen MR) is 77.6 cm³/mol. The van der Waals surface area contributed by atoms with Gasteiger partial charge in [0.1, 0.15) is 0 Å². The highest BCUT2D eigenvalue weighted by atomic mass is 35.5. The smallest absolute Gasteiger partial charge is 0.195 e. The first-order chi connectivity index (χ1) is 9.16. The lowest BCUT2D eigenvalue weighted by Crippen LogP contribution is -2.01. The molecule has 3 N–H and O–H groups in total. The van der Waals surface area contributed by atoms with Crippen LogP contribution in [-0.2, 0) is 0 Å². The number of anilines is 1. The highest BCUT2D eigenvalue weighted by Crippen LogP contribution is 2.29. The van der Waals surface area contributed by atoms with Crippen molar-refractivity contribution in [1.82, 2.24) is 4.98 Å². The molecule has 0 amide bonds. The minimum absolute atomic E-state index is 0.0547. The van der Waals surface area contributed by atoms with E-state index in [9.17, 15) is 4.79 Å². The third-order valence-corrected chi connectivity index (χ3v) is 3.27. The summed E-state index contributed by atoms with van der Waals surface area (Å²) in [5, 5.41) is 1.27. The van der Waals surface area contributed by atoms with E-state index in [1.165, 1.54) is 0 Å². The molecule has 2 aromatic carbocycles. The molecule has 1 aromatic heterocycles. The van der Waals surface area contributed by atoms with Gasteiger partial charge in [0.25, 0.3) is 0 Å². The largest absolute Gasteiger partial charge is 0.398 e. The number of carbonyl (C=O) groups is 1. The van der Waals surface area contributed by atoms with Gasteiger partial charge in [0, 0.05) is 38.9 Å². The number of nitrogens with two attached hydrogens (primary N) is 1. The molecule has 0 unspecified atom stereocenters. The van der Waals surface area contributed by atoms with Crippen molar-refractivity contribution in [3.8, 4) is 0 Å². The number of hydrogen-bond acceptors (Lipinski definition) is 2. The van der Waals surface area contributed by atoms with Crippen LogP contribution in [0.2, 0.25) is 5.02 Å². The Kier molecular flexibility index (Phi) is 2.76. The normalized spacial score (nSPS) is 10.8. The van der Waals surface area contributed by atoms with Crippen LogP contribution < -0.4 is 5.73 Å². The standard InChI is InChI=1S/C15H11ClN2O/c16-10-6-12(17)14-11(8-18-13(14)7-10)15(19)9-4-2-1-3-5-9/h1-8,18H,17H2. The van der Waals surface area contributed by atoms with Gasteiger partial charge < -0.3 is 10.7 Å². The van der Waals surface area contributed by atoms with Crippen LogP contribution in [0.3, 0.4) is 0 Å². The van der Waals surface area contributed by atoms with Gasteiger partial charge in [-0.25, -0.2) is 0 Å². The molecule has 19 heavy (non-hydrogen) atoms. The molecule has 0 saturated heterocycles. The molecule has 0 atom stereocenters. The number of aromatic nitrogens is 1. The Hall–Kier alpha value is -2.26. The first-order valence-electron chi connectivity index (χ1n) is 5.82. The molecule has 3 nitrogen and oxygen atoms in total. The van der Waals surface area contributed by atoms with Crippen LogP contribution in [0.15, 0.2) is 48.7 Å². The number of ketones is 1. The molecule has 0 fully saturated rings. The molecule has 0 aliphatic heterocycles. The van der Waals surface area contributed by atoms with Crippen molar-refractivity contribution >= 4 is 34.0 Å². The Morgan fingerprint density at radius 3 is 2.63 bits per heavy atom. The number of carbonyl (C=O) groups excluding carboxylic acids is 1. The van der Waals surface area contributed by atoms with Gasteiger partial charge in [-0.1, -0.05) is 41.9 Å². The van der Waals surface area contributed by atoms with Crippen LogP contribution in [0.25, 0.3) is 10.9 Å².